The van der Waals surface area contributed by atoms with Crippen LogP contribution in [0.2, 0.25) is 0 Å². The number of ether oxygens (including phenoxy) is 4. The van der Waals surface area contributed by atoms with E-state index in [-0.39, 0.29) is 17.9 Å². The van der Waals surface area contributed by atoms with Crippen molar-refractivity contribution < 1.29 is 37.2 Å². The van der Waals surface area contributed by atoms with Crippen LogP contribution in [0.4, 0.5) is 13.2 Å². The van der Waals surface area contributed by atoms with Gasteiger partial charge in [-0.25, -0.2) is 17.9 Å². The lowest BCUT2D eigenvalue weighted by Crippen LogP contribution is -2.66. The highest BCUT2D eigenvalue weighted by Crippen LogP contribution is 2.46. The molecule has 1 aromatic heterocycles. The Kier molecular flexibility index (Phi) is 4.87. The van der Waals surface area contributed by atoms with Crippen LogP contribution in [-0.4, -0.2) is 63.2 Å². The summed E-state index contributed by atoms with van der Waals surface area (Å²) in [4.78, 5) is 0. The van der Waals surface area contributed by atoms with Crippen molar-refractivity contribution in [1.82, 2.24) is 15.0 Å². The Hall–Kier alpha value is -2.05. The van der Waals surface area contributed by atoms with E-state index < -0.39 is 53.4 Å². The summed E-state index contributed by atoms with van der Waals surface area (Å²) >= 11 is 0. The highest BCUT2D eigenvalue weighted by molar-refractivity contribution is 5.57. The predicted octanol–water partition coefficient (Wildman–Crippen LogP) is 2.32. The highest BCUT2D eigenvalue weighted by Gasteiger charge is 2.60. The van der Waals surface area contributed by atoms with Crippen molar-refractivity contribution in [3.8, 4) is 11.3 Å². The third kappa shape index (κ3) is 3.44. The average Bonchev–Trinajstić information content (AvgIpc) is 3.38. The van der Waals surface area contributed by atoms with E-state index in [1.807, 2.05) is 0 Å². The van der Waals surface area contributed by atoms with Crippen LogP contribution < -0.4 is 0 Å². The van der Waals surface area contributed by atoms with Crippen LogP contribution in [0, 0.1) is 17.5 Å². The highest BCUT2D eigenvalue weighted by atomic mass is 19.2. The van der Waals surface area contributed by atoms with Gasteiger partial charge in [0.25, 0.3) is 0 Å². The molecule has 0 saturated carbocycles. The van der Waals surface area contributed by atoms with Gasteiger partial charge in [0, 0.05) is 12.0 Å². The molecule has 0 radical (unpaired) electrons. The van der Waals surface area contributed by atoms with Gasteiger partial charge in [0.1, 0.15) is 30.0 Å². The summed E-state index contributed by atoms with van der Waals surface area (Å²) < 4.78 is 65.7. The molecule has 168 valence electrons. The summed E-state index contributed by atoms with van der Waals surface area (Å²) in [6.45, 7) is 4.16. The molecule has 4 heterocycles. The Labute approximate surface area is 175 Å². The van der Waals surface area contributed by atoms with Crippen LogP contribution in [-0.2, 0) is 18.9 Å². The Morgan fingerprint density at radius 2 is 1.87 bits per heavy atom. The molecule has 3 aliphatic rings. The molecule has 8 nitrogen and oxygen atoms in total. The molecule has 0 bridgehead atoms. The van der Waals surface area contributed by atoms with Crippen LogP contribution in [0.5, 0.6) is 0 Å². The van der Waals surface area contributed by atoms with Crippen LogP contribution in [0.3, 0.4) is 0 Å². The molecule has 0 aliphatic carbocycles. The molecule has 31 heavy (non-hydrogen) atoms. The number of benzene rings is 1. The van der Waals surface area contributed by atoms with E-state index >= 15 is 0 Å². The maximum Gasteiger partial charge on any atom is 0.197 e. The molecule has 3 fully saturated rings. The summed E-state index contributed by atoms with van der Waals surface area (Å²) in [5, 5.41) is 19.3. The zero-order valence-corrected chi connectivity index (χ0v) is 16.9. The normalized spacial score (nSPS) is 34.8. The van der Waals surface area contributed by atoms with Gasteiger partial charge in [0.15, 0.2) is 29.0 Å². The van der Waals surface area contributed by atoms with Crippen LogP contribution in [0.1, 0.15) is 32.7 Å². The molecule has 3 aliphatic heterocycles. The van der Waals surface area contributed by atoms with E-state index in [2.05, 4.69) is 10.3 Å². The lowest BCUT2D eigenvalue weighted by molar-refractivity contribution is -0.399. The number of hydrogen-bond donors (Lipinski definition) is 1. The van der Waals surface area contributed by atoms with Gasteiger partial charge in [0.2, 0.25) is 0 Å². The lowest BCUT2D eigenvalue weighted by Gasteiger charge is -2.53. The summed E-state index contributed by atoms with van der Waals surface area (Å²) in [7, 11) is 0. The fraction of sp³-hybridized carbons (Fsp3) is 0.600. The number of aliphatic hydroxyl groups excluding tert-OH is 1. The molecule has 1 N–H and O–H groups in total. The second kappa shape index (κ2) is 7.24. The van der Waals surface area contributed by atoms with Gasteiger partial charge < -0.3 is 24.1 Å². The second-order valence-electron chi connectivity index (χ2n) is 8.49. The van der Waals surface area contributed by atoms with E-state index in [0.29, 0.717) is 19.4 Å². The minimum atomic E-state index is -1.56. The second-order valence-corrected chi connectivity index (χ2v) is 8.49. The SMILES string of the molecule is CC1(C)OC[C@H]2O[C@@]3(CCCO3)[C@@H](O)[C@@H](n3cc(-c4cc(F)c(F)c(F)c4)nn3)[C@H]2O1. The van der Waals surface area contributed by atoms with Gasteiger partial charge in [-0.3, -0.25) is 0 Å². The minimum Gasteiger partial charge on any atom is -0.385 e. The van der Waals surface area contributed by atoms with Crippen LogP contribution in [0.25, 0.3) is 11.3 Å². The molecule has 3 saturated heterocycles. The first kappa shape index (κ1) is 20.8. The maximum atomic E-state index is 13.7. The molecule has 0 amide bonds. The predicted molar refractivity (Wildman–Crippen MR) is 98.1 cm³/mol. The first-order valence-corrected chi connectivity index (χ1v) is 10.1. The van der Waals surface area contributed by atoms with E-state index in [1.165, 1.54) is 10.9 Å². The van der Waals surface area contributed by atoms with Crippen LogP contribution >= 0.6 is 0 Å². The maximum absolute atomic E-state index is 13.7. The molecular weight excluding hydrogens is 419 g/mol. The molecule has 2 aromatic rings. The fourth-order valence-corrected chi connectivity index (χ4v) is 4.49. The smallest absolute Gasteiger partial charge is 0.197 e. The topological polar surface area (TPSA) is 87.9 Å². The molecule has 5 atom stereocenters. The van der Waals surface area contributed by atoms with Crippen molar-refractivity contribution in [1.29, 1.82) is 0 Å². The molecule has 5 rings (SSSR count). The van der Waals surface area contributed by atoms with Crippen molar-refractivity contribution in [2.45, 2.75) is 62.6 Å². The van der Waals surface area contributed by atoms with E-state index in [4.69, 9.17) is 18.9 Å². The molecule has 11 heteroatoms. The molecule has 1 spiro atoms. The quantitative estimate of drug-likeness (QED) is 0.716. The Morgan fingerprint density at radius 1 is 1.13 bits per heavy atom. The fourth-order valence-electron chi connectivity index (χ4n) is 4.49. The number of fused-ring (bicyclic) bond motifs is 1. The first-order chi connectivity index (χ1) is 14.7. The number of halogens is 3. The van der Waals surface area contributed by atoms with Crippen molar-refractivity contribution in [2.75, 3.05) is 13.2 Å². The van der Waals surface area contributed by atoms with Gasteiger partial charge >= 0.3 is 0 Å². The Balaban J connectivity index is 1.53. The van der Waals surface area contributed by atoms with Crippen molar-refractivity contribution >= 4 is 0 Å². The van der Waals surface area contributed by atoms with E-state index in [0.717, 1.165) is 12.1 Å². The summed E-state index contributed by atoms with van der Waals surface area (Å²) in [5.41, 5.74) is 0.126. The third-order valence-electron chi connectivity index (χ3n) is 5.95. The molecule has 1 aromatic carbocycles. The standard InChI is InChI=1S/C20H22F3N3O5/c1-19(2)29-9-14-17(31-19)16(18(27)20(30-14)4-3-5-28-20)26-8-13(24-25-26)10-6-11(21)15(23)12(22)7-10/h6-8,14,16-18,27H,3-5,9H2,1-2H3/t14-,16+,17+,18+,20+/m1/s1. The van der Waals surface area contributed by atoms with Gasteiger partial charge in [0.05, 0.1) is 19.4 Å². The Morgan fingerprint density at radius 3 is 2.55 bits per heavy atom. The van der Waals surface area contributed by atoms with Crippen molar-refractivity contribution in [2.24, 2.45) is 0 Å². The monoisotopic (exact) mass is 441 g/mol. The summed E-state index contributed by atoms with van der Waals surface area (Å²) in [5.74, 6) is -6.37. The van der Waals surface area contributed by atoms with Gasteiger partial charge in [-0.2, -0.15) is 0 Å². The van der Waals surface area contributed by atoms with Crippen molar-refractivity contribution in [3.05, 3.63) is 35.8 Å². The van der Waals surface area contributed by atoms with Crippen LogP contribution in [0.15, 0.2) is 18.3 Å². The van der Waals surface area contributed by atoms with Crippen molar-refractivity contribution in [3.63, 3.8) is 0 Å². The number of aliphatic hydroxyl groups is 1. The molecular formula is C20H22F3N3O5. The minimum absolute atomic E-state index is 0.0146. The lowest BCUT2D eigenvalue weighted by atomic mass is 9.88. The largest absolute Gasteiger partial charge is 0.385 e. The summed E-state index contributed by atoms with van der Waals surface area (Å²) in [6, 6.07) is 0.911. The zero-order chi connectivity index (χ0) is 22.0. The van der Waals surface area contributed by atoms with Gasteiger partial charge in [-0.15, -0.1) is 5.10 Å². The Bertz CT molecular complexity index is 971. The number of rotatable bonds is 2. The molecule has 0 unspecified atom stereocenters. The zero-order valence-electron chi connectivity index (χ0n) is 16.9. The van der Waals surface area contributed by atoms with Gasteiger partial charge in [-0.1, -0.05) is 5.21 Å². The van der Waals surface area contributed by atoms with Gasteiger partial charge in [-0.05, 0) is 32.4 Å². The third-order valence-corrected chi connectivity index (χ3v) is 5.95. The number of nitrogens with zero attached hydrogens (tertiary/aromatic N) is 3. The van der Waals surface area contributed by atoms with E-state index in [1.54, 1.807) is 13.8 Å². The number of aromatic nitrogens is 3. The first-order valence-electron chi connectivity index (χ1n) is 10.1. The number of hydrogen-bond acceptors (Lipinski definition) is 7. The van der Waals surface area contributed by atoms with E-state index in [9.17, 15) is 18.3 Å². The average molecular weight is 441 g/mol. The summed E-state index contributed by atoms with van der Waals surface area (Å²) in [6.07, 6.45) is 0.286.